The second kappa shape index (κ2) is 8.31. The molecule has 0 aliphatic carbocycles. The highest BCUT2D eigenvalue weighted by Crippen LogP contribution is 2.35. The van der Waals surface area contributed by atoms with E-state index >= 15 is 0 Å². The minimum absolute atomic E-state index is 0.0681. The Bertz CT molecular complexity index is 1170. The topological polar surface area (TPSA) is 67.8 Å². The first-order valence-corrected chi connectivity index (χ1v) is 11.0. The van der Waals surface area contributed by atoms with Gasteiger partial charge < -0.3 is 5.32 Å². The van der Waals surface area contributed by atoms with Crippen molar-refractivity contribution in [1.29, 1.82) is 0 Å². The molecular formula is C22H20N4OS2. The van der Waals surface area contributed by atoms with Gasteiger partial charge in [0.05, 0.1) is 15.5 Å². The maximum Gasteiger partial charge on any atom is 0.234 e. The summed E-state index contributed by atoms with van der Waals surface area (Å²) in [6, 6.07) is 15.9. The molecule has 0 bridgehead atoms. The number of aromatic nitrogens is 3. The van der Waals surface area contributed by atoms with E-state index in [-0.39, 0.29) is 11.7 Å². The average molecular weight is 421 g/mol. The van der Waals surface area contributed by atoms with E-state index in [4.69, 9.17) is 0 Å². The Balaban J connectivity index is 1.57. The van der Waals surface area contributed by atoms with Crippen LogP contribution in [0.3, 0.4) is 0 Å². The minimum atomic E-state index is -0.0681. The third kappa shape index (κ3) is 4.16. The van der Waals surface area contributed by atoms with Gasteiger partial charge in [0.2, 0.25) is 5.91 Å². The van der Waals surface area contributed by atoms with E-state index in [1.54, 1.807) is 11.3 Å². The van der Waals surface area contributed by atoms with Crippen molar-refractivity contribution in [1.82, 2.24) is 15.2 Å². The molecule has 1 amide bonds. The van der Waals surface area contributed by atoms with Gasteiger partial charge in [0.15, 0.2) is 0 Å². The smallest absolute Gasteiger partial charge is 0.234 e. The largest absolute Gasteiger partial charge is 0.325 e. The summed E-state index contributed by atoms with van der Waals surface area (Å²) in [4.78, 5) is 17.2. The van der Waals surface area contributed by atoms with Gasteiger partial charge in [-0.3, -0.25) is 4.79 Å². The van der Waals surface area contributed by atoms with Crippen molar-refractivity contribution >= 4 is 44.9 Å². The molecule has 0 saturated heterocycles. The third-order valence-corrected chi connectivity index (χ3v) is 6.46. The molecule has 0 aliphatic heterocycles. The molecule has 4 aromatic rings. The van der Waals surface area contributed by atoms with Gasteiger partial charge in [0.1, 0.15) is 16.2 Å². The molecule has 2 heterocycles. The zero-order valence-corrected chi connectivity index (χ0v) is 18.0. The van der Waals surface area contributed by atoms with Crippen LogP contribution in [0.15, 0.2) is 53.6 Å². The molecule has 0 saturated carbocycles. The highest BCUT2D eigenvalue weighted by molar-refractivity contribution is 8.00. The average Bonchev–Trinajstić information content (AvgIpc) is 3.11. The molecule has 2 aromatic heterocycles. The summed E-state index contributed by atoms with van der Waals surface area (Å²) in [5.41, 5.74) is 5.62. The summed E-state index contributed by atoms with van der Waals surface area (Å²) in [6.07, 6.45) is 0. The Hall–Kier alpha value is -2.77. The first-order valence-electron chi connectivity index (χ1n) is 9.21. The lowest BCUT2D eigenvalue weighted by Crippen LogP contribution is -2.16. The number of thioether (sulfide) groups is 1. The molecule has 1 N–H and O–H groups in total. The predicted molar refractivity (Wildman–Crippen MR) is 121 cm³/mol. The number of fused-ring (bicyclic) bond motifs is 1. The number of amides is 1. The lowest BCUT2D eigenvalue weighted by atomic mass is 10.1. The summed E-state index contributed by atoms with van der Waals surface area (Å²) in [6.45, 7) is 5.96. The quantitative estimate of drug-likeness (QED) is 0.437. The van der Waals surface area contributed by atoms with Crippen molar-refractivity contribution in [3.05, 3.63) is 64.7 Å². The number of carbonyl (C=O) groups is 1. The van der Waals surface area contributed by atoms with Gasteiger partial charge in [-0.05, 0) is 31.9 Å². The number of carbonyl (C=O) groups excluding carboxylic acids is 1. The van der Waals surface area contributed by atoms with Crippen molar-refractivity contribution in [3.8, 4) is 11.3 Å². The summed E-state index contributed by atoms with van der Waals surface area (Å²) in [7, 11) is 0. The molecule has 0 atom stereocenters. The zero-order valence-electron chi connectivity index (χ0n) is 16.4. The molecule has 0 fully saturated rings. The van der Waals surface area contributed by atoms with Crippen LogP contribution < -0.4 is 5.32 Å². The van der Waals surface area contributed by atoms with Crippen LogP contribution in [0.2, 0.25) is 0 Å². The summed E-state index contributed by atoms with van der Waals surface area (Å²) in [5.74, 6) is 0.181. The number of nitrogens with one attached hydrogen (secondary N) is 1. The van der Waals surface area contributed by atoms with Crippen LogP contribution in [0, 0.1) is 20.8 Å². The fourth-order valence-corrected chi connectivity index (χ4v) is 4.84. The minimum Gasteiger partial charge on any atom is -0.325 e. The standard InChI is InChI=1S/C22H20N4OS2/c1-13-8-7-9-14(2)18(13)24-17(27)12-28-22-20-21(29-15(3)23-20)19(25-26-22)16-10-5-4-6-11-16/h4-11H,12H2,1-3H3,(H,24,27). The van der Waals surface area contributed by atoms with Gasteiger partial charge >= 0.3 is 0 Å². The predicted octanol–water partition coefficient (Wildman–Crippen LogP) is 5.41. The highest BCUT2D eigenvalue weighted by Gasteiger charge is 2.17. The fourth-order valence-electron chi connectivity index (χ4n) is 3.12. The lowest BCUT2D eigenvalue weighted by molar-refractivity contribution is -0.113. The molecule has 0 aliphatic rings. The molecule has 7 heteroatoms. The van der Waals surface area contributed by atoms with Gasteiger partial charge in [-0.1, -0.05) is 60.3 Å². The normalized spacial score (nSPS) is 11.0. The van der Waals surface area contributed by atoms with Crippen LogP contribution >= 0.6 is 23.1 Å². The molecule has 146 valence electrons. The van der Waals surface area contributed by atoms with Crippen LogP contribution in [0.4, 0.5) is 5.69 Å². The second-order valence-corrected chi connectivity index (χ2v) is 8.90. The monoisotopic (exact) mass is 420 g/mol. The number of aryl methyl sites for hydroxylation is 3. The third-order valence-electron chi connectivity index (χ3n) is 4.53. The van der Waals surface area contributed by atoms with Gasteiger partial charge in [0, 0.05) is 11.3 Å². The Labute approximate surface area is 177 Å². The summed E-state index contributed by atoms with van der Waals surface area (Å²) in [5, 5.41) is 13.5. The first kappa shape index (κ1) is 19.5. The number of anilines is 1. The van der Waals surface area contributed by atoms with Crippen LogP contribution in [0.25, 0.3) is 21.5 Å². The van der Waals surface area contributed by atoms with Gasteiger partial charge in [-0.15, -0.1) is 21.5 Å². The zero-order chi connectivity index (χ0) is 20.4. The van der Waals surface area contributed by atoms with Crippen LogP contribution in [-0.2, 0) is 4.79 Å². The molecule has 29 heavy (non-hydrogen) atoms. The molecule has 0 radical (unpaired) electrons. The van der Waals surface area contributed by atoms with Gasteiger partial charge in [-0.2, -0.15) is 0 Å². The van der Waals surface area contributed by atoms with Crippen LogP contribution in [0.5, 0.6) is 0 Å². The first-order chi connectivity index (χ1) is 14.0. The van der Waals surface area contributed by atoms with Gasteiger partial charge in [0.25, 0.3) is 0 Å². The van der Waals surface area contributed by atoms with E-state index in [9.17, 15) is 4.79 Å². The maximum absolute atomic E-state index is 12.5. The Morgan fingerprint density at radius 2 is 1.72 bits per heavy atom. The second-order valence-electron chi connectivity index (χ2n) is 6.73. The van der Waals surface area contributed by atoms with E-state index in [1.807, 2.05) is 69.3 Å². The number of hydrogen-bond acceptors (Lipinski definition) is 6. The number of hydrogen-bond donors (Lipinski definition) is 1. The Morgan fingerprint density at radius 3 is 2.45 bits per heavy atom. The summed E-state index contributed by atoms with van der Waals surface area (Å²) < 4.78 is 1.00. The molecule has 5 nitrogen and oxygen atoms in total. The lowest BCUT2D eigenvalue weighted by Gasteiger charge is -2.11. The summed E-state index contributed by atoms with van der Waals surface area (Å²) >= 11 is 2.97. The number of benzene rings is 2. The van der Waals surface area contributed by atoms with Crippen molar-refractivity contribution in [2.75, 3.05) is 11.1 Å². The van der Waals surface area contributed by atoms with E-state index in [0.29, 0.717) is 5.03 Å². The fraction of sp³-hybridized carbons (Fsp3) is 0.182. The van der Waals surface area contributed by atoms with E-state index in [2.05, 4.69) is 20.5 Å². The highest BCUT2D eigenvalue weighted by atomic mass is 32.2. The molecule has 0 unspecified atom stereocenters. The Kier molecular flexibility index (Phi) is 5.60. The Morgan fingerprint density at radius 1 is 1.00 bits per heavy atom. The number of para-hydroxylation sites is 1. The molecule has 0 spiro atoms. The number of nitrogens with zero attached hydrogens (tertiary/aromatic N) is 3. The van der Waals surface area contributed by atoms with Crippen molar-refractivity contribution in [2.24, 2.45) is 0 Å². The number of thiazole rings is 1. The molecule has 4 rings (SSSR count). The molecular weight excluding hydrogens is 400 g/mol. The number of rotatable bonds is 5. The van der Waals surface area contributed by atoms with Crippen molar-refractivity contribution in [3.63, 3.8) is 0 Å². The SMILES string of the molecule is Cc1nc2c(SCC(=O)Nc3c(C)cccc3C)nnc(-c3ccccc3)c2s1. The maximum atomic E-state index is 12.5. The van der Waals surface area contributed by atoms with E-state index < -0.39 is 0 Å². The van der Waals surface area contributed by atoms with Gasteiger partial charge in [-0.25, -0.2) is 4.98 Å². The van der Waals surface area contributed by atoms with Crippen LogP contribution in [-0.4, -0.2) is 26.8 Å². The molecule has 2 aromatic carbocycles. The van der Waals surface area contributed by atoms with E-state index in [0.717, 1.165) is 43.3 Å². The van der Waals surface area contributed by atoms with Crippen molar-refractivity contribution < 1.29 is 4.79 Å². The van der Waals surface area contributed by atoms with Crippen LogP contribution in [0.1, 0.15) is 16.1 Å². The van der Waals surface area contributed by atoms with Crippen molar-refractivity contribution in [2.45, 2.75) is 25.8 Å². The van der Waals surface area contributed by atoms with E-state index in [1.165, 1.54) is 11.8 Å².